The minimum Gasteiger partial charge on any atom is -0.480 e. The highest BCUT2D eigenvalue weighted by Gasteiger charge is 2.04. The van der Waals surface area contributed by atoms with Crippen LogP contribution in [-0.2, 0) is 16.1 Å². The van der Waals surface area contributed by atoms with Crippen molar-refractivity contribution in [3.63, 3.8) is 0 Å². The zero-order valence-electron chi connectivity index (χ0n) is 10.1. The maximum absolute atomic E-state index is 11.2. The lowest BCUT2D eigenvalue weighted by Crippen LogP contribution is -2.30. The van der Waals surface area contributed by atoms with Crippen molar-refractivity contribution in [3.05, 3.63) is 29.8 Å². The molecular formula is C11H14I2N2O4. The average molecular weight is 492 g/mol. The molecule has 2 heterocycles. The van der Waals surface area contributed by atoms with Gasteiger partial charge in [0.25, 0.3) is 0 Å². The van der Waals surface area contributed by atoms with E-state index < -0.39 is 5.97 Å². The molecule has 1 aromatic heterocycles. The zero-order chi connectivity index (χ0) is 14.3. The lowest BCUT2D eigenvalue weighted by atomic mass is 10.4. The number of nitrogens with one attached hydrogen (secondary N) is 1. The summed E-state index contributed by atoms with van der Waals surface area (Å²) in [6.07, 6.45) is 3.05. The van der Waals surface area contributed by atoms with Crippen LogP contribution in [0.4, 0.5) is 0 Å². The first kappa shape index (κ1) is 16.9. The quantitative estimate of drug-likeness (QED) is 0.597. The highest BCUT2D eigenvalue weighted by atomic mass is 127. The van der Waals surface area contributed by atoms with Crippen LogP contribution >= 0.6 is 45.2 Å². The SMILES string of the molecule is C1COCCN1.O=C(O)Cn1cc(I)c(=O)c(I)c1. The fourth-order valence-electron chi connectivity index (χ4n) is 1.32. The van der Waals surface area contributed by atoms with Gasteiger partial charge in [-0.1, -0.05) is 0 Å². The van der Waals surface area contributed by atoms with Crippen LogP contribution < -0.4 is 10.7 Å². The topological polar surface area (TPSA) is 80.6 Å². The molecule has 1 fully saturated rings. The second-order valence-corrected chi connectivity index (χ2v) is 6.04. The molecule has 0 spiro atoms. The van der Waals surface area contributed by atoms with E-state index in [9.17, 15) is 9.59 Å². The third-order valence-corrected chi connectivity index (χ3v) is 3.69. The molecule has 8 heteroatoms. The monoisotopic (exact) mass is 492 g/mol. The van der Waals surface area contributed by atoms with Crippen LogP contribution in [0.15, 0.2) is 17.2 Å². The van der Waals surface area contributed by atoms with Gasteiger partial charge in [-0.2, -0.15) is 0 Å². The first-order valence-electron chi connectivity index (χ1n) is 5.56. The molecule has 0 saturated carbocycles. The molecular weight excluding hydrogens is 478 g/mol. The van der Waals surface area contributed by atoms with Crippen molar-refractivity contribution in [2.24, 2.45) is 0 Å². The lowest BCUT2D eigenvalue weighted by Gasteiger charge is -2.10. The van der Waals surface area contributed by atoms with Gasteiger partial charge in [0, 0.05) is 25.5 Å². The van der Waals surface area contributed by atoms with Gasteiger partial charge in [-0.3, -0.25) is 9.59 Å². The van der Waals surface area contributed by atoms with E-state index in [4.69, 9.17) is 9.84 Å². The molecule has 0 amide bonds. The van der Waals surface area contributed by atoms with Gasteiger partial charge in [0.1, 0.15) is 6.54 Å². The predicted molar refractivity (Wildman–Crippen MR) is 87.5 cm³/mol. The maximum Gasteiger partial charge on any atom is 0.323 e. The zero-order valence-corrected chi connectivity index (χ0v) is 14.4. The van der Waals surface area contributed by atoms with Crippen molar-refractivity contribution in [1.82, 2.24) is 9.88 Å². The molecule has 0 aliphatic carbocycles. The Hall–Kier alpha value is -0.200. The number of hydrogen-bond acceptors (Lipinski definition) is 4. The Morgan fingerprint density at radius 2 is 1.84 bits per heavy atom. The molecule has 0 atom stereocenters. The number of ether oxygens (including phenoxy) is 1. The first-order chi connectivity index (χ1) is 9.00. The maximum atomic E-state index is 11.2. The molecule has 6 nitrogen and oxygen atoms in total. The highest BCUT2D eigenvalue weighted by molar-refractivity contribution is 14.1. The first-order valence-corrected chi connectivity index (χ1v) is 7.72. The number of carbonyl (C=O) groups is 1. The van der Waals surface area contributed by atoms with E-state index in [0.717, 1.165) is 26.3 Å². The van der Waals surface area contributed by atoms with Gasteiger partial charge in [0.05, 0.1) is 20.4 Å². The number of aromatic nitrogens is 1. The molecule has 0 radical (unpaired) electrons. The largest absolute Gasteiger partial charge is 0.480 e. The summed E-state index contributed by atoms with van der Waals surface area (Å²) in [4.78, 5) is 21.6. The highest BCUT2D eigenvalue weighted by Crippen LogP contribution is 2.03. The van der Waals surface area contributed by atoms with Gasteiger partial charge in [-0.15, -0.1) is 0 Å². The van der Waals surface area contributed by atoms with E-state index in [2.05, 4.69) is 5.32 Å². The van der Waals surface area contributed by atoms with Crippen molar-refractivity contribution in [2.75, 3.05) is 26.3 Å². The normalized spacial score (nSPS) is 14.4. The molecule has 0 aromatic carbocycles. The number of carboxylic acid groups (broad SMARTS) is 1. The van der Waals surface area contributed by atoms with Crippen molar-refractivity contribution in [3.8, 4) is 0 Å². The van der Waals surface area contributed by atoms with Crippen LogP contribution in [0.1, 0.15) is 0 Å². The molecule has 1 aliphatic rings. The minimum atomic E-state index is -0.921. The Morgan fingerprint density at radius 1 is 1.32 bits per heavy atom. The summed E-state index contributed by atoms with van der Waals surface area (Å²) >= 11 is 3.78. The second kappa shape index (κ2) is 8.87. The van der Waals surface area contributed by atoms with Crippen molar-refractivity contribution in [2.45, 2.75) is 6.54 Å². The summed E-state index contributed by atoms with van der Waals surface area (Å²) < 4.78 is 7.55. The summed E-state index contributed by atoms with van der Waals surface area (Å²) in [5.74, 6) is -0.921. The predicted octanol–water partition coefficient (Wildman–Crippen LogP) is 0.748. The molecule has 0 bridgehead atoms. The number of halogens is 2. The van der Waals surface area contributed by atoms with E-state index >= 15 is 0 Å². The lowest BCUT2D eigenvalue weighted by molar-refractivity contribution is -0.137. The smallest absolute Gasteiger partial charge is 0.323 e. The Morgan fingerprint density at radius 3 is 2.16 bits per heavy atom. The number of carboxylic acids is 1. The van der Waals surface area contributed by atoms with Crippen LogP contribution in [0, 0.1) is 7.14 Å². The molecule has 0 unspecified atom stereocenters. The number of aliphatic carboxylic acids is 1. The molecule has 2 N–H and O–H groups in total. The van der Waals surface area contributed by atoms with Crippen LogP contribution in [0.5, 0.6) is 0 Å². The van der Waals surface area contributed by atoms with Gasteiger partial charge in [0.15, 0.2) is 0 Å². The third kappa shape index (κ3) is 6.68. The number of rotatable bonds is 2. The van der Waals surface area contributed by atoms with Gasteiger partial charge >= 0.3 is 5.97 Å². The standard InChI is InChI=1S/C7H5I2NO3.C4H9NO/c8-4-1-10(3-6(11)12)2-5(9)7(4)13;1-3-6-4-2-5-1/h1-2H,3H2,(H,11,12);5H,1-4H2. The summed E-state index contributed by atoms with van der Waals surface area (Å²) in [5.41, 5.74) is -0.0529. The molecule has 19 heavy (non-hydrogen) atoms. The Kier molecular flexibility index (Phi) is 7.87. The van der Waals surface area contributed by atoms with Gasteiger partial charge in [-0.05, 0) is 45.2 Å². The van der Waals surface area contributed by atoms with E-state index in [0.29, 0.717) is 7.14 Å². The van der Waals surface area contributed by atoms with E-state index in [1.807, 2.05) is 45.2 Å². The van der Waals surface area contributed by atoms with Gasteiger partial charge in [-0.25, -0.2) is 0 Å². The summed E-state index contributed by atoms with van der Waals surface area (Å²) in [5, 5.41) is 11.7. The molecule has 2 rings (SSSR count). The van der Waals surface area contributed by atoms with E-state index in [-0.39, 0.29) is 12.0 Å². The van der Waals surface area contributed by atoms with Crippen LogP contribution in [0.2, 0.25) is 0 Å². The molecule has 1 aliphatic heterocycles. The fourth-order valence-corrected chi connectivity index (χ4v) is 3.14. The summed E-state index contributed by atoms with van der Waals surface area (Å²) in [7, 11) is 0. The van der Waals surface area contributed by atoms with E-state index in [1.165, 1.54) is 17.0 Å². The Balaban J connectivity index is 0.000000250. The summed E-state index contributed by atoms with van der Waals surface area (Å²) in [6.45, 7) is 3.71. The fraction of sp³-hybridized carbons (Fsp3) is 0.455. The molecule has 106 valence electrons. The molecule has 1 saturated heterocycles. The van der Waals surface area contributed by atoms with Crippen LogP contribution in [-0.4, -0.2) is 41.9 Å². The van der Waals surface area contributed by atoms with Crippen molar-refractivity contribution >= 4 is 51.2 Å². The number of morpholine rings is 1. The van der Waals surface area contributed by atoms with Gasteiger partial charge < -0.3 is 19.7 Å². The van der Waals surface area contributed by atoms with Crippen molar-refractivity contribution in [1.29, 1.82) is 0 Å². The minimum absolute atomic E-state index is 0.0529. The van der Waals surface area contributed by atoms with Gasteiger partial charge in [0.2, 0.25) is 5.43 Å². The Labute approximate surface area is 137 Å². The van der Waals surface area contributed by atoms with E-state index in [1.54, 1.807) is 0 Å². The van der Waals surface area contributed by atoms with Crippen LogP contribution in [0.25, 0.3) is 0 Å². The summed E-state index contributed by atoms with van der Waals surface area (Å²) in [6, 6.07) is 0. The Bertz CT molecular complexity index is 448. The second-order valence-electron chi connectivity index (χ2n) is 3.71. The number of hydrogen-bond donors (Lipinski definition) is 2. The average Bonchev–Trinajstić information content (AvgIpc) is 2.38. The number of pyridine rings is 1. The van der Waals surface area contributed by atoms with Crippen LogP contribution in [0.3, 0.4) is 0 Å². The number of nitrogens with zero attached hydrogens (tertiary/aromatic N) is 1. The molecule has 1 aromatic rings. The third-order valence-electron chi connectivity index (χ3n) is 2.16. The van der Waals surface area contributed by atoms with Crippen molar-refractivity contribution < 1.29 is 14.6 Å².